The first kappa shape index (κ1) is 16.6. The van der Waals surface area contributed by atoms with Crippen LogP contribution in [0.2, 0.25) is 0 Å². The quantitative estimate of drug-likeness (QED) is 0.689. The summed E-state index contributed by atoms with van der Waals surface area (Å²) in [6, 6.07) is 13.8. The van der Waals surface area contributed by atoms with E-state index < -0.39 is 0 Å². The van der Waals surface area contributed by atoms with E-state index in [-0.39, 0.29) is 0 Å². The second-order valence-corrected chi connectivity index (χ2v) is 5.31. The molecule has 5 heteroatoms. The summed E-state index contributed by atoms with van der Waals surface area (Å²) in [5.74, 6) is 2.27. The molecule has 0 fully saturated rings. The van der Waals surface area contributed by atoms with Crippen molar-refractivity contribution >= 4 is 11.8 Å². The average molecular weight is 336 g/mol. The van der Waals surface area contributed by atoms with Crippen molar-refractivity contribution in [2.24, 2.45) is 0 Å². The van der Waals surface area contributed by atoms with Gasteiger partial charge in [0.15, 0.2) is 12.2 Å². The number of para-hydroxylation sites is 1. The zero-order valence-electron chi connectivity index (χ0n) is 14.2. The largest absolute Gasteiger partial charge is 0.496 e. The van der Waals surface area contributed by atoms with Crippen molar-refractivity contribution in [1.82, 2.24) is 4.98 Å². The second-order valence-electron chi connectivity index (χ2n) is 5.31. The molecule has 128 valence electrons. The summed E-state index contributed by atoms with van der Waals surface area (Å²) in [6.07, 6.45) is 7.16. The maximum absolute atomic E-state index is 5.45. The van der Waals surface area contributed by atoms with Gasteiger partial charge in [0.05, 0.1) is 26.0 Å². The lowest BCUT2D eigenvalue weighted by molar-refractivity contribution is 0.414. The third-order valence-corrected chi connectivity index (χ3v) is 3.76. The average Bonchev–Trinajstić information content (AvgIpc) is 3.20. The molecule has 3 rings (SSSR count). The lowest BCUT2D eigenvalue weighted by Crippen LogP contribution is -1.99. The Morgan fingerprint density at radius 1 is 1.08 bits per heavy atom. The Morgan fingerprint density at radius 2 is 1.92 bits per heavy atom. The number of aromatic nitrogens is 1. The number of anilines is 1. The van der Waals surface area contributed by atoms with Crippen LogP contribution in [0.5, 0.6) is 11.5 Å². The van der Waals surface area contributed by atoms with E-state index in [1.165, 1.54) is 6.39 Å². The van der Waals surface area contributed by atoms with Gasteiger partial charge in [0.25, 0.3) is 0 Å². The number of rotatable bonds is 7. The number of ether oxygens (including phenoxy) is 2. The molecule has 0 aliphatic rings. The zero-order valence-corrected chi connectivity index (χ0v) is 14.2. The molecular weight excluding hydrogens is 316 g/mol. The van der Waals surface area contributed by atoms with Gasteiger partial charge in [0.2, 0.25) is 0 Å². The molecule has 0 aliphatic carbocycles. The summed E-state index contributed by atoms with van der Waals surface area (Å²) in [5, 5.41) is 3.35. The van der Waals surface area contributed by atoms with Crippen molar-refractivity contribution in [2.75, 3.05) is 26.1 Å². The highest BCUT2D eigenvalue weighted by Gasteiger charge is 2.09. The zero-order chi connectivity index (χ0) is 17.5. The van der Waals surface area contributed by atoms with Gasteiger partial charge in [-0.05, 0) is 18.2 Å². The third-order valence-electron chi connectivity index (χ3n) is 3.76. The molecule has 1 aromatic heterocycles. The molecule has 1 heterocycles. The Balaban J connectivity index is 1.66. The van der Waals surface area contributed by atoms with Crippen LogP contribution in [0.15, 0.2) is 65.5 Å². The lowest BCUT2D eigenvalue weighted by Gasteiger charge is -2.10. The molecule has 0 amide bonds. The van der Waals surface area contributed by atoms with Crippen molar-refractivity contribution in [3.63, 3.8) is 0 Å². The van der Waals surface area contributed by atoms with Crippen LogP contribution in [0.1, 0.15) is 5.56 Å². The molecule has 5 nitrogen and oxygen atoms in total. The monoisotopic (exact) mass is 336 g/mol. The number of nitrogens with one attached hydrogen (secondary N) is 1. The standard InChI is InChI=1S/C20H20N2O3/c1-23-18-8-4-3-6-15(18)7-5-11-22-16-9-10-17(19(12-16)24-2)20-13-21-14-25-20/h3-10,12-14,22H,11H2,1-2H3. The fraction of sp³-hybridized carbons (Fsp3) is 0.150. The van der Waals surface area contributed by atoms with Crippen LogP contribution in [-0.2, 0) is 0 Å². The second kappa shape index (κ2) is 8.06. The van der Waals surface area contributed by atoms with Crippen molar-refractivity contribution < 1.29 is 13.9 Å². The molecular formula is C20H20N2O3. The number of methoxy groups -OCH3 is 2. The summed E-state index contributed by atoms with van der Waals surface area (Å²) in [4.78, 5) is 3.94. The lowest BCUT2D eigenvalue weighted by atomic mass is 10.1. The molecule has 0 unspecified atom stereocenters. The van der Waals surface area contributed by atoms with Gasteiger partial charge in [-0.15, -0.1) is 0 Å². The van der Waals surface area contributed by atoms with Gasteiger partial charge in [-0.2, -0.15) is 0 Å². The molecule has 1 N–H and O–H groups in total. The highest BCUT2D eigenvalue weighted by atomic mass is 16.5. The van der Waals surface area contributed by atoms with Crippen molar-refractivity contribution in [2.45, 2.75) is 0 Å². The fourth-order valence-corrected chi connectivity index (χ4v) is 2.52. The summed E-state index contributed by atoms with van der Waals surface area (Å²) in [6.45, 7) is 0.683. The van der Waals surface area contributed by atoms with E-state index in [1.807, 2.05) is 48.5 Å². The first-order valence-electron chi connectivity index (χ1n) is 7.92. The van der Waals surface area contributed by atoms with Crippen LogP contribution in [0.4, 0.5) is 5.69 Å². The van der Waals surface area contributed by atoms with E-state index in [2.05, 4.69) is 16.4 Å². The van der Waals surface area contributed by atoms with Gasteiger partial charge in [0.1, 0.15) is 11.5 Å². The van der Waals surface area contributed by atoms with E-state index in [4.69, 9.17) is 13.9 Å². The predicted octanol–water partition coefficient (Wildman–Crippen LogP) is 4.48. The molecule has 0 bridgehead atoms. The van der Waals surface area contributed by atoms with Crippen LogP contribution in [0, 0.1) is 0 Å². The number of hydrogen-bond acceptors (Lipinski definition) is 5. The van der Waals surface area contributed by atoms with E-state index >= 15 is 0 Å². The van der Waals surface area contributed by atoms with Crippen LogP contribution in [0.3, 0.4) is 0 Å². The Bertz CT molecular complexity index is 842. The van der Waals surface area contributed by atoms with E-state index in [0.29, 0.717) is 12.3 Å². The third kappa shape index (κ3) is 4.01. The van der Waals surface area contributed by atoms with Crippen molar-refractivity contribution in [3.8, 4) is 22.8 Å². The van der Waals surface area contributed by atoms with Gasteiger partial charge in [-0.3, -0.25) is 0 Å². The fourth-order valence-electron chi connectivity index (χ4n) is 2.52. The smallest absolute Gasteiger partial charge is 0.181 e. The van der Waals surface area contributed by atoms with Gasteiger partial charge < -0.3 is 19.2 Å². The number of nitrogens with zero attached hydrogens (tertiary/aromatic N) is 1. The summed E-state index contributed by atoms with van der Waals surface area (Å²) >= 11 is 0. The summed E-state index contributed by atoms with van der Waals surface area (Å²) in [7, 11) is 3.31. The summed E-state index contributed by atoms with van der Waals surface area (Å²) in [5.41, 5.74) is 2.88. The number of oxazole rings is 1. The molecule has 0 aliphatic heterocycles. The van der Waals surface area contributed by atoms with Crippen LogP contribution in [-0.4, -0.2) is 25.7 Å². The Morgan fingerprint density at radius 3 is 2.68 bits per heavy atom. The molecule has 25 heavy (non-hydrogen) atoms. The topological polar surface area (TPSA) is 56.5 Å². The molecule has 0 saturated carbocycles. The van der Waals surface area contributed by atoms with E-state index in [9.17, 15) is 0 Å². The first-order valence-corrected chi connectivity index (χ1v) is 7.92. The minimum atomic E-state index is 0.680. The highest BCUT2D eigenvalue weighted by Crippen LogP contribution is 2.32. The molecule has 2 aromatic carbocycles. The normalized spacial score (nSPS) is 10.8. The van der Waals surface area contributed by atoms with E-state index in [1.54, 1.807) is 20.4 Å². The van der Waals surface area contributed by atoms with Crippen molar-refractivity contribution in [1.29, 1.82) is 0 Å². The molecule has 0 atom stereocenters. The van der Waals surface area contributed by atoms with Gasteiger partial charge in [-0.1, -0.05) is 30.4 Å². The highest BCUT2D eigenvalue weighted by molar-refractivity contribution is 5.69. The Hall–Kier alpha value is -3.21. The van der Waals surface area contributed by atoms with Gasteiger partial charge >= 0.3 is 0 Å². The van der Waals surface area contributed by atoms with Crippen LogP contribution < -0.4 is 14.8 Å². The molecule has 0 spiro atoms. The summed E-state index contributed by atoms with van der Waals surface area (Å²) < 4.78 is 16.1. The minimum absolute atomic E-state index is 0.680. The number of benzene rings is 2. The first-order chi connectivity index (χ1) is 12.3. The maximum Gasteiger partial charge on any atom is 0.181 e. The maximum atomic E-state index is 5.45. The van der Waals surface area contributed by atoms with E-state index in [0.717, 1.165) is 28.3 Å². The number of hydrogen-bond donors (Lipinski definition) is 1. The van der Waals surface area contributed by atoms with Crippen LogP contribution in [0.25, 0.3) is 17.4 Å². The minimum Gasteiger partial charge on any atom is -0.496 e. The van der Waals surface area contributed by atoms with Crippen molar-refractivity contribution in [3.05, 3.63) is 66.7 Å². The molecule has 0 saturated heterocycles. The van der Waals surface area contributed by atoms with Crippen LogP contribution >= 0.6 is 0 Å². The molecule has 0 radical (unpaired) electrons. The molecule has 3 aromatic rings. The van der Waals surface area contributed by atoms with Gasteiger partial charge in [0, 0.05) is 23.9 Å². The Kier molecular flexibility index (Phi) is 5.36. The van der Waals surface area contributed by atoms with Gasteiger partial charge in [-0.25, -0.2) is 4.98 Å². The predicted molar refractivity (Wildman–Crippen MR) is 99.0 cm³/mol. The SMILES string of the molecule is COc1ccccc1C=CCNc1ccc(-c2cnco2)c(OC)c1. The Labute approximate surface area is 146 Å².